The van der Waals surface area contributed by atoms with Gasteiger partial charge < -0.3 is 5.11 Å². The van der Waals surface area contributed by atoms with Crippen LogP contribution in [-0.2, 0) is 6.54 Å². The molecule has 1 N–H and O–H groups in total. The molecule has 3 unspecified atom stereocenters. The molecule has 2 rings (SSSR count). The SMILES string of the molecule is CC1CN(Cc2ccccc2)CC(CCO)C1(C)F. The van der Waals surface area contributed by atoms with Crippen molar-refractivity contribution >= 4 is 0 Å². The first-order valence-electron chi connectivity index (χ1n) is 7.10. The summed E-state index contributed by atoms with van der Waals surface area (Å²) >= 11 is 0. The molecule has 1 saturated heterocycles. The highest BCUT2D eigenvalue weighted by Crippen LogP contribution is 2.38. The van der Waals surface area contributed by atoms with Crippen molar-refractivity contribution in [1.29, 1.82) is 0 Å². The van der Waals surface area contributed by atoms with Gasteiger partial charge in [0.05, 0.1) is 0 Å². The van der Waals surface area contributed by atoms with E-state index in [1.807, 2.05) is 25.1 Å². The molecule has 0 amide bonds. The molecule has 1 aromatic rings. The van der Waals surface area contributed by atoms with E-state index in [2.05, 4.69) is 17.0 Å². The van der Waals surface area contributed by atoms with Gasteiger partial charge in [0.25, 0.3) is 0 Å². The highest BCUT2D eigenvalue weighted by atomic mass is 19.1. The molecule has 19 heavy (non-hydrogen) atoms. The van der Waals surface area contributed by atoms with E-state index in [4.69, 9.17) is 5.11 Å². The highest BCUT2D eigenvalue weighted by Gasteiger charge is 2.44. The molecule has 0 aliphatic carbocycles. The maximum Gasteiger partial charge on any atom is 0.116 e. The lowest BCUT2D eigenvalue weighted by Crippen LogP contribution is -2.53. The Kier molecular flexibility index (Phi) is 4.58. The molecule has 1 aliphatic rings. The van der Waals surface area contributed by atoms with Gasteiger partial charge in [0.1, 0.15) is 5.67 Å². The first kappa shape index (κ1) is 14.5. The van der Waals surface area contributed by atoms with Gasteiger partial charge in [-0.1, -0.05) is 37.3 Å². The largest absolute Gasteiger partial charge is 0.396 e. The molecule has 2 nitrogen and oxygen atoms in total. The maximum atomic E-state index is 14.7. The second kappa shape index (κ2) is 6.02. The van der Waals surface area contributed by atoms with E-state index < -0.39 is 5.67 Å². The predicted octanol–water partition coefficient (Wildman–Crippen LogP) is 2.87. The number of aliphatic hydroxyl groups excluding tert-OH is 1. The monoisotopic (exact) mass is 265 g/mol. The third kappa shape index (κ3) is 3.34. The average molecular weight is 265 g/mol. The Bertz CT molecular complexity index is 393. The fraction of sp³-hybridized carbons (Fsp3) is 0.625. The smallest absolute Gasteiger partial charge is 0.116 e. The van der Waals surface area contributed by atoms with E-state index in [1.54, 1.807) is 6.92 Å². The van der Waals surface area contributed by atoms with Crippen LogP contribution in [0.3, 0.4) is 0 Å². The molecule has 0 aromatic heterocycles. The lowest BCUT2D eigenvalue weighted by Gasteiger charge is -2.45. The lowest BCUT2D eigenvalue weighted by atomic mass is 9.75. The minimum atomic E-state index is -1.17. The Morgan fingerprint density at radius 2 is 2.00 bits per heavy atom. The van der Waals surface area contributed by atoms with E-state index in [0.717, 1.165) is 19.6 Å². The second-order valence-corrected chi connectivity index (χ2v) is 5.94. The molecule has 0 bridgehead atoms. The number of rotatable bonds is 4. The number of hydrogen-bond acceptors (Lipinski definition) is 2. The van der Waals surface area contributed by atoms with Crippen molar-refractivity contribution in [2.24, 2.45) is 11.8 Å². The van der Waals surface area contributed by atoms with Gasteiger partial charge in [-0.3, -0.25) is 4.90 Å². The van der Waals surface area contributed by atoms with Crippen LogP contribution in [0.5, 0.6) is 0 Å². The zero-order chi connectivity index (χ0) is 13.9. The summed E-state index contributed by atoms with van der Waals surface area (Å²) < 4.78 is 14.7. The van der Waals surface area contributed by atoms with Crippen molar-refractivity contribution in [1.82, 2.24) is 4.90 Å². The summed E-state index contributed by atoms with van der Waals surface area (Å²) in [6.07, 6.45) is 0.544. The minimum absolute atomic E-state index is 0.00140. The molecule has 1 aliphatic heterocycles. The summed E-state index contributed by atoms with van der Waals surface area (Å²) in [5, 5.41) is 9.13. The Hall–Kier alpha value is -0.930. The van der Waals surface area contributed by atoms with Crippen molar-refractivity contribution in [3.63, 3.8) is 0 Å². The molecule has 3 atom stereocenters. The fourth-order valence-electron chi connectivity index (χ4n) is 3.03. The zero-order valence-electron chi connectivity index (χ0n) is 11.8. The summed E-state index contributed by atoms with van der Waals surface area (Å²) in [6.45, 7) is 6.11. The predicted molar refractivity (Wildman–Crippen MR) is 75.6 cm³/mol. The second-order valence-electron chi connectivity index (χ2n) is 5.94. The van der Waals surface area contributed by atoms with Gasteiger partial charge >= 0.3 is 0 Å². The van der Waals surface area contributed by atoms with Crippen LogP contribution >= 0.6 is 0 Å². The fourth-order valence-corrected chi connectivity index (χ4v) is 3.03. The summed E-state index contributed by atoms with van der Waals surface area (Å²) in [5.74, 6) is -0.0773. The topological polar surface area (TPSA) is 23.5 Å². The molecular weight excluding hydrogens is 241 g/mol. The number of benzene rings is 1. The summed E-state index contributed by atoms with van der Waals surface area (Å²) in [6, 6.07) is 10.3. The zero-order valence-corrected chi connectivity index (χ0v) is 11.8. The molecule has 106 valence electrons. The molecule has 0 spiro atoms. The first-order chi connectivity index (χ1) is 9.04. The normalized spacial score (nSPS) is 32.4. The van der Waals surface area contributed by atoms with Crippen LogP contribution in [0.4, 0.5) is 4.39 Å². The van der Waals surface area contributed by atoms with E-state index in [0.29, 0.717) is 6.42 Å². The Labute approximate surface area is 115 Å². The van der Waals surface area contributed by atoms with Crippen molar-refractivity contribution in [3.8, 4) is 0 Å². The van der Waals surface area contributed by atoms with Gasteiger partial charge in [-0.25, -0.2) is 4.39 Å². The molecular formula is C16H24FNO. The molecule has 1 heterocycles. The van der Waals surface area contributed by atoms with Crippen molar-refractivity contribution in [3.05, 3.63) is 35.9 Å². The van der Waals surface area contributed by atoms with Crippen molar-refractivity contribution < 1.29 is 9.50 Å². The maximum absolute atomic E-state index is 14.7. The van der Waals surface area contributed by atoms with Crippen LogP contribution in [-0.4, -0.2) is 35.4 Å². The molecule has 0 saturated carbocycles. The van der Waals surface area contributed by atoms with Crippen molar-refractivity contribution in [2.45, 2.75) is 32.5 Å². The van der Waals surface area contributed by atoms with Crippen molar-refractivity contribution in [2.75, 3.05) is 19.7 Å². The van der Waals surface area contributed by atoms with Gasteiger partial charge in [-0.15, -0.1) is 0 Å². The summed E-state index contributed by atoms with van der Waals surface area (Å²) in [5.41, 5.74) is 0.0931. The molecule has 0 radical (unpaired) electrons. The summed E-state index contributed by atoms with van der Waals surface area (Å²) in [4.78, 5) is 2.31. The third-order valence-corrected chi connectivity index (χ3v) is 4.50. The highest BCUT2D eigenvalue weighted by molar-refractivity contribution is 5.14. The van der Waals surface area contributed by atoms with E-state index in [1.165, 1.54) is 5.56 Å². The standard InChI is InChI=1S/C16H24FNO/c1-13-10-18(11-14-6-4-3-5-7-14)12-15(8-9-19)16(13,2)17/h3-7,13,15,19H,8-12H2,1-2H3. The quantitative estimate of drug-likeness (QED) is 0.905. The van der Waals surface area contributed by atoms with Crippen LogP contribution in [0.25, 0.3) is 0 Å². The number of alkyl halides is 1. The lowest BCUT2D eigenvalue weighted by molar-refractivity contribution is -0.0463. The van der Waals surface area contributed by atoms with Gasteiger partial charge in [0.2, 0.25) is 0 Å². The molecule has 1 fully saturated rings. The van der Waals surface area contributed by atoms with Crippen LogP contribution in [0, 0.1) is 11.8 Å². The number of nitrogens with zero attached hydrogens (tertiary/aromatic N) is 1. The number of hydrogen-bond donors (Lipinski definition) is 1. The number of likely N-dealkylation sites (tertiary alicyclic amines) is 1. The first-order valence-corrected chi connectivity index (χ1v) is 7.10. The summed E-state index contributed by atoms with van der Waals surface area (Å²) in [7, 11) is 0. The van der Waals surface area contributed by atoms with Crippen LogP contribution < -0.4 is 0 Å². The average Bonchev–Trinajstić information content (AvgIpc) is 2.37. The van der Waals surface area contributed by atoms with Gasteiger partial charge in [0, 0.05) is 38.1 Å². The van der Waals surface area contributed by atoms with Crippen LogP contribution in [0.15, 0.2) is 30.3 Å². The number of piperidine rings is 1. The van der Waals surface area contributed by atoms with Gasteiger partial charge in [-0.05, 0) is 18.9 Å². The number of aliphatic hydroxyl groups is 1. The van der Waals surface area contributed by atoms with E-state index in [-0.39, 0.29) is 18.4 Å². The Balaban J connectivity index is 2.04. The van der Waals surface area contributed by atoms with Gasteiger partial charge in [-0.2, -0.15) is 0 Å². The molecule has 1 aromatic carbocycles. The van der Waals surface area contributed by atoms with Gasteiger partial charge in [0.15, 0.2) is 0 Å². The number of halogens is 1. The van der Waals surface area contributed by atoms with Crippen LogP contribution in [0.1, 0.15) is 25.8 Å². The Morgan fingerprint density at radius 1 is 1.32 bits per heavy atom. The van der Waals surface area contributed by atoms with Crippen LogP contribution in [0.2, 0.25) is 0 Å². The third-order valence-electron chi connectivity index (χ3n) is 4.50. The molecule has 3 heteroatoms. The minimum Gasteiger partial charge on any atom is -0.396 e. The Morgan fingerprint density at radius 3 is 2.63 bits per heavy atom. The van der Waals surface area contributed by atoms with E-state index >= 15 is 0 Å². The van der Waals surface area contributed by atoms with E-state index in [9.17, 15) is 4.39 Å².